The van der Waals surface area contributed by atoms with Crippen molar-refractivity contribution in [1.29, 1.82) is 0 Å². The van der Waals surface area contributed by atoms with Crippen molar-refractivity contribution >= 4 is 23.3 Å². The van der Waals surface area contributed by atoms with E-state index in [0.717, 1.165) is 5.56 Å². The van der Waals surface area contributed by atoms with Crippen LogP contribution in [0.3, 0.4) is 0 Å². The lowest BCUT2D eigenvalue weighted by molar-refractivity contribution is -0.147. The highest BCUT2D eigenvalue weighted by Crippen LogP contribution is 2.59. The summed E-state index contributed by atoms with van der Waals surface area (Å²) >= 11 is 0. The van der Waals surface area contributed by atoms with Gasteiger partial charge < -0.3 is 19.4 Å². The Morgan fingerprint density at radius 1 is 1.19 bits per heavy atom. The van der Waals surface area contributed by atoms with E-state index in [-0.39, 0.29) is 24.0 Å². The molecule has 0 aliphatic carbocycles. The molecule has 5 unspecified atom stereocenters. The van der Waals surface area contributed by atoms with Gasteiger partial charge >= 0.3 is 0 Å². The number of fused-ring (bicyclic) bond motifs is 2. The number of piperidine rings is 1. The van der Waals surface area contributed by atoms with E-state index in [1.807, 2.05) is 50.3 Å². The zero-order valence-corrected chi connectivity index (χ0v) is 17.9. The first-order valence-corrected chi connectivity index (χ1v) is 11.0. The number of anilines is 1. The summed E-state index contributed by atoms with van der Waals surface area (Å²) < 4.78 is 12.0. The van der Waals surface area contributed by atoms with Crippen LogP contribution in [0.4, 0.5) is 5.69 Å². The predicted octanol–water partition coefficient (Wildman–Crippen LogP) is 3.03. The van der Waals surface area contributed by atoms with Crippen LogP contribution < -0.4 is 5.32 Å². The van der Waals surface area contributed by atoms with E-state index in [9.17, 15) is 14.4 Å². The van der Waals surface area contributed by atoms with Gasteiger partial charge in [-0.2, -0.15) is 0 Å². The number of benzene rings is 1. The van der Waals surface area contributed by atoms with E-state index < -0.39 is 41.5 Å². The lowest BCUT2D eigenvalue weighted by Crippen LogP contribution is -2.55. The Morgan fingerprint density at radius 2 is 1.97 bits per heavy atom. The summed E-state index contributed by atoms with van der Waals surface area (Å²) in [6.45, 7) is 3.84. The lowest BCUT2D eigenvalue weighted by Gasteiger charge is -2.43. The molecule has 7 heteroatoms. The molecule has 4 aliphatic heterocycles. The van der Waals surface area contributed by atoms with Crippen LogP contribution in [0.5, 0.6) is 0 Å². The van der Waals surface area contributed by atoms with E-state index >= 15 is 0 Å². The summed E-state index contributed by atoms with van der Waals surface area (Å²) in [5, 5.41) is 2.96. The van der Waals surface area contributed by atoms with Gasteiger partial charge in [-0.05, 0) is 31.2 Å². The minimum atomic E-state index is -0.975. The van der Waals surface area contributed by atoms with Gasteiger partial charge in [-0.15, -0.1) is 0 Å². The molecule has 0 saturated carbocycles. The fourth-order valence-electron chi connectivity index (χ4n) is 6.13. The van der Waals surface area contributed by atoms with Gasteiger partial charge in [0, 0.05) is 18.0 Å². The molecule has 1 spiro atoms. The fraction of sp³-hybridized carbons (Fsp3) is 0.400. The van der Waals surface area contributed by atoms with Crippen LogP contribution in [-0.2, 0) is 19.1 Å². The number of rotatable bonds is 3. The van der Waals surface area contributed by atoms with Gasteiger partial charge in [-0.1, -0.05) is 36.8 Å². The van der Waals surface area contributed by atoms with Gasteiger partial charge in [-0.3, -0.25) is 14.4 Å². The fourth-order valence-corrected chi connectivity index (χ4v) is 6.13. The van der Waals surface area contributed by atoms with Gasteiger partial charge in [0.2, 0.25) is 11.8 Å². The number of hydrogen-bond acceptors (Lipinski definition) is 5. The maximum Gasteiger partial charge on any atom is 0.231 e. The molecule has 3 saturated heterocycles. The van der Waals surface area contributed by atoms with Crippen LogP contribution in [0.2, 0.25) is 0 Å². The molecule has 3 fully saturated rings. The van der Waals surface area contributed by atoms with Gasteiger partial charge in [-0.25, -0.2) is 0 Å². The second kappa shape index (κ2) is 6.65. The second-order valence-corrected chi connectivity index (χ2v) is 9.33. The van der Waals surface area contributed by atoms with Crippen LogP contribution in [0.1, 0.15) is 30.7 Å². The molecule has 1 N–H and O–H groups in total. The number of carbonyl (C=O) groups excluding carboxylic acids is 3. The van der Waals surface area contributed by atoms with E-state index in [1.54, 1.807) is 23.3 Å². The molecule has 6 rings (SSSR count). The highest BCUT2D eigenvalue weighted by molar-refractivity contribution is 6.00. The molecule has 0 radical (unpaired) electrons. The topological polar surface area (TPSA) is 88.8 Å². The highest BCUT2D eigenvalue weighted by Gasteiger charge is 2.74. The molecule has 164 valence electrons. The van der Waals surface area contributed by atoms with Gasteiger partial charge in [0.15, 0.2) is 0 Å². The summed E-state index contributed by atoms with van der Waals surface area (Å²) in [6.07, 6.45) is 5.05. The Morgan fingerprint density at radius 3 is 2.69 bits per heavy atom. The summed E-state index contributed by atoms with van der Waals surface area (Å²) in [6, 6.07) is 10.2. The molecule has 7 nitrogen and oxygen atoms in total. The molecular weight excluding hydrogens is 408 g/mol. The minimum Gasteiger partial charge on any atom is -0.467 e. The predicted molar refractivity (Wildman–Crippen MR) is 114 cm³/mol. The molecule has 1 aromatic heterocycles. The van der Waals surface area contributed by atoms with Crippen molar-refractivity contribution in [3.63, 3.8) is 0 Å². The van der Waals surface area contributed by atoms with Crippen molar-refractivity contribution in [2.75, 3.05) is 5.32 Å². The maximum atomic E-state index is 13.9. The summed E-state index contributed by atoms with van der Waals surface area (Å²) in [4.78, 5) is 41.9. The first-order chi connectivity index (χ1) is 15.4. The van der Waals surface area contributed by atoms with Crippen LogP contribution in [0.15, 0.2) is 59.2 Å². The molecule has 5 heterocycles. The van der Waals surface area contributed by atoms with Crippen LogP contribution in [-0.4, -0.2) is 40.2 Å². The van der Waals surface area contributed by atoms with E-state index in [2.05, 4.69) is 5.32 Å². The molecule has 32 heavy (non-hydrogen) atoms. The number of hydrogen-bond donors (Lipinski definition) is 1. The number of nitrogens with zero attached hydrogens (tertiary/aromatic N) is 1. The normalized spacial score (nSPS) is 37.0. The van der Waals surface area contributed by atoms with Gasteiger partial charge in [0.05, 0.1) is 36.3 Å². The number of aryl methyl sites for hydroxylation is 1. The first kappa shape index (κ1) is 19.5. The van der Waals surface area contributed by atoms with E-state index in [1.165, 1.54) is 0 Å². The quantitative estimate of drug-likeness (QED) is 0.754. The maximum absolute atomic E-state index is 13.9. The number of nitrogens with one attached hydrogen (secondary N) is 1. The zero-order chi connectivity index (χ0) is 22.2. The van der Waals surface area contributed by atoms with Crippen molar-refractivity contribution in [2.24, 2.45) is 17.8 Å². The average Bonchev–Trinajstić information content (AvgIpc) is 3.54. The lowest BCUT2D eigenvalue weighted by atomic mass is 9.70. The number of Topliss-reactive ketones (excluding diaryl/α,β-unsaturated/α-hetero) is 1. The molecule has 2 amide bonds. The van der Waals surface area contributed by atoms with Crippen molar-refractivity contribution in [3.8, 4) is 0 Å². The number of ether oxygens (including phenoxy) is 1. The van der Waals surface area contributed by atoms with Crippen molar-refractivity contribution in [2.45, 2.75) is 44.1 Å². The zero-order valence-electron chi connectivity index (χ0n) is 17.9. The van der Waals surface area contributed by atoms with E-state index in [4.69, 9.17) is 9.15 Å². The third-order valence-electron chi connectivity index (χ3n) is 7.57. The summed E-state index contributed by atoms with van der Waals surface area (Å²) in [7, 11) is 0. The van der Waals surface area contributed by atoms with E-state index in [0.29, 0.717) is 11.4 Å². The monoisotopic (exact) mass is 432 g/mol. The molecule has 4 aliphatic rings. The molecule has 2 aromatic rings. The third-order valence-corrected chi connectivity index (χ3v) is 7.57. The number of amides is 2. The SMILES string of the molecule is Cc1ccc(NC(=O)C2C3C=C[C@@]4(O3)C3C(C)C(=O)CC(c5ccco5)N3C(=O)[C@H]24)cc1. The van der Waals surface area contributed by atoms with Crippen LogP contribution in [0.25, 0.3) is 0 Å². The largest absolute Gasteiger partial charge is 0.467 e. The average molecular weight is 432 g/mol. The molecule has 7 atom stereocenters. The molecule has 1 aromatic carbocycles. The van der Waals surface area contributed by atoms with Crippen LogP contribution in [0, 0.1) is 24.7 Å². The van der Waals surface area contributed by atoms with Crippen molar-refractivity contribution < 1.29 is 23.5 Å². The van der Waals surface area contributed by atoms with Crippen molar-refractivity contribution in [3.05, 3.63) is 66.1 Å². The standard InChI is InChI=1S/C25H24N2O5/c1-13-5-7-15(8-6-13)26-23(29)20-19-9-10-25(32-19)21(20)24(30)27-16(18-4-3-11-31-18)12-17(28)14(2)22(25)27/h3-11,14,16,19-22H,12H2,1-2H3,(H,26,29)/t14?,16?,19?,20?,21-,22?,25-/m0/s1. The summed E-state index contributed by atoms with van der Waals surface area (Å²) in [5.41, 5.74) is 0.803. The third kappa shape index (κ3) is 2.48. The number of ketones is 1. The highest BCUT2D eigenvalue weighted by atomic mass is 16.5. The van der Waals surface area contributed by atoms with Gasteiger partial charge in [0.1, 0.15) is 17.1 Å². The van der Waals surface area contributed by atoms with Gasteiger partial charge in [0.25, 0.3) is 0 Å². The Labute approximate surface area is 185 Å². The Balaban J connectivity index is 1.38. The van der Waals surface area contributed by atoms with Crippen molar-refractivity contribution in [1.82, 2.24) is 4.90 Å². The Hall–Kier alpha value is -3.19. The Kier molecular flexibility index (Phi) is 4.05. The first-order valence-electron chi connectivity index (χ1n) is 11.0. The number of furan rings is 1. The summed E-state index contributed by atoms with van der Waals surface area (Å²) in [5.74, 6) is -1.44. The second-order valence-electron chi connectivity index (χ2n) is 9.33. The molecular formula is C25H24N2O5. The molecule has 2 bridgehead atoms. The van der Waals surface area contributed by atoms with Crippen LogP contribution >= 0.6 is 0 Å². The minimum absolute atomic E-state index is 0.0727. The Bertz CT molecular complexity index is 1140. The smallest absolute Gasteiger partial charge is 0.231 e. The number of carbonyl (C=O) groups is 3.